The van der Waals surface area contributed by atoms with Crippen molar-refractivity contribution in [1.82, 2.24) is 9.88 Å². The van der Waals surface area contributed by atoms with Crippen LogP contribution in [0.2, 0.25) is 0 Å². The van der Waals surface area contributed by atoms with Crippen molar-refractivity contribution in [2.24, 2.45) is 5.41 Å². The van der Waals surface area contributed by atoms with Gasteiger partial charge in [0.2, 0.25) is 0 Å². The summed E-state index contributed by atoms with van der Waals surface area (Å²) in [6.07, 6.45) is 3.39. The van der Waals surface area contributed by atoms with Gasteiger partial charge in [0, 0.05) is 13.1 Å². The minimum absolute atomic E-state index is 0.0817. The molecule has 1 aromatic heterocycles. The summed E-state index contributed by atoms with van der Waals surface area (Å²) in [5.74, 6) is -0.350. The second kappa shape index (κ2) is 8.32. The molecule has 138 valence electrons. The van der Waals surface area contributed by atoms with E-state index >= 15 is 0 Å². The molecule has 0 radical (unpaired) electrons. The van der Waals surface area contributed by atoms with Gasteiger partial charge in [-0.3, -0.25) is 4.90 Å². The summed E-state index contributed by atoms with van der Waals surface area (Å²) in [5, 5.41) is 12.5. The number of aromatic nitrogens is 1. The average molecular weight is 353 g/mol. The zero-order valence-corrected chi connectivity index (χ0v) is 15.3. The lowest BCUT2D eigenvalue weighted by Gasteiger charge is -2.41. The summed E-state index contributed by atoms with van der Waals surface area (Å²) in [6.45, 7) is 6.27. The second-order valence-electron chi connectivity index (χ2n) is 7.18. The van der Waals surface area contributed by atoms with Crippen LogP contribution in [0.15, 0.2) is 48.5 Å². The van der Waals surface area contributed by atoms with Gasteiger partial charge in [-0.05, 0) is 55.5 Å². The normalized spacial score (nSPS) is 17.0. The Balaban J connectivity index is 1.55. The molecular weight excluding hydrogens is 326 g/mol. The van der Waals surface area contributed by atoms with E-state index in [2.05, 4.69) is 52.5 Å². The molecule has 5 heteroatoms. The van der Waals surface area contributed by atoms with Crippen molar-refractivity contribution < 1.29 is 9.90 Å². The molecule has 0 saturated carbocycles. The summed E-state index contributed by atoms with van der Waals surface area (Å²) in [5.41, 5.74) is 1.69. The second-order valence-corrected chi connectivity index (χ2v) is 7.18. The monoisotopic (exact) mass is 353 g/mol. The van der Waals surface area contributed by atoms with E-state index in [0.29, 0.717) is 5.82 Å². The van der Waals surface area contributed by atoms with Crippen LogP contribution < -0.4 is 5.32 Å². The molecule has 0 bridgehead atoms. The Labute approximate surface area is 155 Å². The topological polar surface area (TPSA) is 65.5 Å². The molecule has 1 aliphatic heterocycles. The highest BCUT2D eigenvalue weighted by Gasteiger charge is 2.32. The summed E-state index contributed by atoms with van der Waals surface area (Å²) in [6, 6.07) is 15.7. The Morgan fingerprint density at radius 2 is 1.88 bits per heavy atom. The highest BCUT2D eigenvalue weighted by molar-refractivity contribution is 5.85. The molecule has 26 heavy (non-hydrogen) atoms. The van der Waals surface area contributed by atoms with E-state index in [1.807, 2.05) is 6.07 Å². The van der Waals surface area contributed by atoms with Crippen LogP contribution in [0.4, 0.5) is 5.82 Å². The third-order valence-electron chi connectivity index (χ3n) is 5.53. The molecule has 1 aromatic carbocycles. The standard InChI is InChI=1S/C21H27N3O2/c1-2-21(16-22-19-10-6-9-18(23-19)20(25)26)11-13-24(14-12-21)15-17-7-4-3-5-8-17/h3-10H,2,11-16H2,1H3,(H,22,23)(H,25,26). The third kappa shape index (κ3) is 4.61. The minimum atomic E-state index is -0.993. The SMILES string of the molecule is CCC1(CNc2cccc(C(=O)O)n2)CCN(Cc2ccccc2)CC1. The first-order valence-corrected chi connectivity index (χ1v) is 9.31. The molecule has 3 rings (SSSR count). The number of rotatable bonds is 7. The van der Waals surface area contributed by atoms with Crippen LogP contribution in [0.3, 0.4) is 0 Å². The number of nitrogens with zero attached hydrogens (tertiary/aromatic N) is 2. The summed E-state index contributed by atoms with van der Waals surface area (Å²) < 4.78 is 0. The molecule has 1 saturated heterocycles. The van der Waals surface area contributed by atoms with Gasteiger partial charge in [0.15, 0.2) is 5.69 Å². The maximum Gasteiger partial charge on any atom is 0.354 e. The fourth-order valence-corrected chi connectivity index (χ4v) is 3.61. The van der Waals surface area contributed by atoms with Crippen molar-refractivity contribution in [3.8, 4) is 0 Å². The predicted octanol–water partition coefficient (Wildman–Crippen LogP) is 3.88. The lowest BCUT2D eigenvalue weighted by atomic mass is 9.76. The van der Waals surface area contributed by atoms with Gasteiger partial charge >= 0.3 is 5.97 Å². The smallest absolute Gasteiger partial charge is 0.354 e. The van der Waals surface area contributed by atoms with Crippen LogP contribution in [-0.4, -0.2) is 40.6 Å². The van der Waals surface area contributed by atoms with Gasteiger partial charge in [0.1, 0.15) is 5.82 Å². The highest BCUT2D eigenvalue weighted by atomic mass is 16.4. The van der Waals surface area contributed by atoms with Crippen LogP contribution in [0.1, 0.15) is 42.2 Å². The fraction of sp³-hybridized carbons (Fsp3) is 0.429. The molecule has 2 N–H and O–H groups in total. The van der Waals surface area contributed by atoms with Crippen molar-refractivity contribution >= 4 is 11.8 Å². The molecule has 2 aromatic rings. The van der Waals surface area contributed by atoms with Gasteiger partial charge < -0.3 is 10.4 Å². The number of carbonyl (C=O) groups is 1. The number of aromatic carboxylic acids is 1. The maximum atomic E-state index is 11.1. The number of anilines is 1. The van der Waals surface area contributed by atoms with Crippen molar-refractivity contribution in [2.45, 2.75) is 32.7 Å². The molecule has 0 unspecified atom stereocenters. The average Bonchev–Trinajstić information content (AvgIpc) is 2.69. The van der Waals surface area contributed by atoms with Crippen LogP contribution in [0.25, 0.3) is 0 Å². The molecule has 0 amide bonds. The molecule has 1 fully saturated rings. The van der Waals surface area contributed by atoms with Gasteiger partial charge in [-0.25, -0.2) is 9.78 Å². The van der Waals surface area contributed by atoms with Crippen LogP contribution in [-0.2, 0) is 6.54 Å². The number of nitrogens with one attached hydrogen (secondary N) is 1. The lowest BCUT2D eigenvalue weighted by molar-refractivity contribution is 0.0690. The van der Waals surface area contributed by atoms with E-state index in [9.17, 15) is 4.79 Å². The number of carboxylic acids is 1. The Morgan fingerprint density at radius 3 is 2.54 bits per heavy atom. The van der Waals surface area contributed by atoms with Crippen molar-refractivity contribution in [3.63, 3.8) is 0 Å². The van der Waals surface area contributed by atoms with Crippen molar-refractivity contribution in [1.29, 1.82) is 0 Å². The molecule has 0 atom stereocenters. The predicted molar refractivity (Wildman–Crippen MR) is 103 cm³/mol. The van der Waals surface area contributed by atoms with Crippen LogP contribution >= 0.6 is 0 Å². The zero-order valence-electron chi connectivity index (χ0n) is 15.3. The number of pyridine rings is 1. The van der Waals surface area contributed by atoms with Gasteiger partial charge in [-0.2, -0.15) is 0 Å². The quantitative estimate of drug-likeness (QED) is 0.791. The number of hydrogen-bond donors (Lipinski definition) is 2. The van der Waals surface area contributed by atoms with E-state index < -0.39 is 5.97 Å². The fourth-order valence-electron chi connectivity index (χ4n) is 3.61. The Hall–Kier alpha value is -2.40. The zero-order chi connectivity index (χ0) is 18.4. The van der Waals surface area contributed by atoms with Crippen LogP contribution in [0.5, 0.6) is 0 Å². The molecular formula is C21H27N3O2. The van der Waals surface area contributed by atoms with E-state index in [0.717, 1.165) is 45.4 Å². The van der Waals surface area contributed by atoms with Gasteiger partial charge in [0.25, 0.3) is 0 Å². The Morgan fingerprint density at radius 1 is 1.15 bits per heavy atom. The molecule has 0 aliphatic carbocycles. The minimum Gasteiger partial charge on any atom is -0.477 e. The first kappa shape index (κ1) is 18.4. The van der Waals surface area contributed by atoms with Crippen LogP contribution in [0, 0.1) is 5.41 Å². The van der Waals surface area contributed by atoms with Crippen molar-refractivity contribution in [2.75, 3.05) is 25.0 Å². The van der Waals surface area contributed by atoms with E-state index in [1.165, 1.54) is 11.6 Å². The first-order valence-electron chi connectivity index (χ1n) is 9.31. The maximum absolute atomic E-state index is 11.1. The number of hydrogen-bond acceptors (Lipinski definition) is 4. The number of carboxylic acid groups (broad SMARTS) is 1. The number of benzene rings is 1. The molecule has 2 heterocycles. The number of likely N-dealkylation sites (tertiary alicyclic amines) is 1. The molecule has 5 nitrogen and oxygen atoms in total. The lowest BCUT2D eigenvalue weighted by Crippen LogP contribution is -2.43. The molecule has 1 aliphatic rings. The van der Waals surface area contributed by atoms with Gasteiger partial charge in [-0.15, -0.1) is 0 Å². The van der Waals surface area contributed by atoms with E-state index in [1.54, 1.807) is 6.07 Å². The van der Waals surface area contributed by atoms with Gasteiger partial charge in [0.05, 0.1) is 0 Å². The summed E-state index contributed by atoms with van der Waals surface area (Å²) in [7, 11) is 0. The van der Waals surface area contributed by atoms with Crippen molar-refractivity contribution in [3.05, 3.63) is 59.8 Å². The number of piperidine rings is 1. The highest BCUT2D eigenvalue weighted by Crippen LogP contribution is 2.35. The van der Waals surface area contributed by atoms with Gasteiger partial charge in [-0.1, -0.05) is 43.3 Å². The summed E-state index contributed by atoms with van der Waals surface area (Å²) in [4.78, 5) is 17.8. The third-order valence-corrected chi connectivity index (χ3v) is 5.53. The van der Waals surface area contributed by atoms with E-state index in [4.69, 9.17) is 5.11 Å². The van der Waals surface area contributed by atoms with E-state index in [-0.39, 0.29) is 11.1 Å². The first-order chi connectivity index (χ1) is 12.6. The molecule has 0 spiro atoms. The summed E-state index contributed by atoms with van der Waals surface area (Å²) >= 11 is 0. The largest absolute Gasteiger partial charge is 0.477 e. The Bertz CT molecular complexity index is 725. The Kier molecular flexibility index (Phi) is 5.89.